The Morgan fingerprint density at radius 3 is 2.62 bits per heavy atom. The first-order valence-electron chi connectivity index (χ1n) is 8.22. The molecule has 2 aromatic rings. The fraction of sp³-hybridized carbons (Fsp3) is 0.471. The van der Waals surface area contributed by atoms with E-state index < -0.39 is 0 Å². The summed E-state index contributed by atoms with van der Waals surface area (Å²) in [5, 5.41) is 19.1. The van der Waals surface area contributed by atoms with Gasteiger partial charge in [0.1, 0.15) is 5.69 Å². The predicted molar refractivity (Wildman–Crippen MR) is 94.6 cm³/mol. The zero-order chi connectivity index (χ0) is 17.3. The molecule has 0 unspecified atom stereocenters. The number of aryl methyl sites for hydroxylation is 3. The lowest BCUT2D eigenvalue weighted by Crippen LogP contribution is -2.40. The SMILES string of the molecule is Cc1cccc(NC2CCN(c3c([N+](=O)[O-])c(C)nn3C)CC2)c1. The van der Waals surface area contributed by atoms with Gasteiger partial charge in [0.2, 0.25) is 5.82 Å². The topological polar surface area (TPSA) is 76.2 Å². The highest BCUT2D eigenvalue weighted by Gasteiger charge is 2.30. The monoisotopic (exact) mass is 329 g/mol. The molecule has 0 atom stereocenters. The summed E-state index contributed by atoms with van der Waals surface area (Å²) in [5.41, 5.74) is 2.97. The van der Waals surface area contributed by atoms with Crippen LogP contribution in [0.15, 0.2) is 24.3 Å². The lowest BCUT2D eigenvalue weighted by molar-refractivity contribution is -0.384. The van der Waals surface area contributed by atoms with Crippen molar-refractivity contribution in [3.05, 3.63) is 45.6 Å². The van der Waals surface area contributed by atoms with Gasteiger partial charge >= 0.3 is 5.69 Å². The Morgan fingerprint density at radius 2 is 2.00 bits per heavy atom. The Kier molecular flexibility index (Phi) is 4.42. The first-order chi connectivity index (χ1) is 11.5. The number of piperidine rings is 1. The number of nitrogens with one attached hydrogen (secondary N) is 1. The van der Waals surface area contributed by atoms with Gasteiger partial charge in [-0.05, 0) is 44.4 Å². The van der Waals surface area contributed by atoms with Crippen LogP contribution in [0.25, 0.3) is 0 Å². The fourth-order valence-corrected chi connectivity index (χ4v) is 3.41. The van der Waals surface area contributed by atoms with Crippen LogP contribution in [0.2, 0.25) is 0 Å². The average molecular weight is 329 g/mol. The van der Waals surface area contributed by atoms with Gasteiger partial charge < -0.3 is 10.2 Å². The van der Waals surface area contributed by atoms with Crippen LogP contribution < -0.4 is 10.2 Å². The fourth-order valence-electron chi connectivity index (χ4n) is 3.41. The van der Waals surface area contributed by atoms with Crippen molar-refractivity contribution in [1.29, 1.82) is 0 Å². The zero-order valence-electron chi connectivity index (χ0n) is 14.3. The maximum Gasteiger partial charge on any atom is 0.333 e. The van der Waals surface area contributed by atoms with Gasteiger partial charge in [-0.1, -0.05) is 12.1 Å². The highest BCUT2D eigenvalue weighted by atomic mass is 16.6. The molecule has 3 rings (SSSR count). The van der Waals surface area contributed by atoms with Gasteiger partial charge in [-0.3, -0.25) is 10.1 Å². The van der Waals surface area contributed by atoms with Crippen molar-refractivity contribution in [2.45, 2.75) is 32.7 Å². The van der Waals surface area contributed by atoms with Gasteiger partial charge in [0, 0.05) is 31.9 Å². The minimum atomic E-state index is -0.325. The van der Waals surface area contributed by atoms with Gasteiger partial charge in [0.25, 0.3) is 0 Å². The summed E-state index contributed by atoms with van der Waals surface area (Å²) in [7, 11) is 1.77. The van der Waals surface area contributed by atoms with Crippen LogP contribution in [0.1, 0.15) is 24.1 Å². The maximum atomic E-state index is 11.3. The zero-order valence-corrected chi connectivity index (χ0v) is 14.3. The second-order valence-corrected chi connectivity index (χ2v) is 6.41. The third kappa shape index (κ3) is 3.20. The summed E-state index contributed by atoms with van der Waals surface area (Å²) < 4.78 is 1.63. The first kappa shape index (κ1) is 16.3. The Labute approximate surface area is 141 Å². The molecule has 1 N–H and O–H groups in total. The third-order valence-corrected chi connectivity index (χ3v) is 4.53. The summed E-state index contributed by atoms with van der Waals surface area (Å²) >= 11 is 0. The molecule has 0 aliphatic carbocycles. The molecule has 24 heavy (non-hydrogen) atoms. The Bertz CT molecular complexity index is 747. The van der Waals surface area contributed by atoms with Crippen LogP contribution >= 0.6 is 0 Å². The normalized spacial score (nSPS) is 15.5. The molecule has 1 aliphatic heterocycles. The third-order valence-electron chi connectivity index (χ3n) is 4.53. The van der Waals surface area contributed by atoms with Gasteiger partial charge in [0.15, 0.2) is 0 Å². The smallest absolute Gasteiger partial charge is 0.333 e. The standard InChI is InChI=1S/C17H23N5O2/c1-12-5-4-6-15(11-12)18-14-7-9-21(10-8-14)17-16(22(23)24)13(2)19-20(17)3/h4-6,11,14,18H,7-10H2,1-3H3. The number of nitro groups is 1. The van der Waals surface area contributed by atoms with Crippen LogP contribution in [-0.4, -0.2) is 33.8 Å². The molecule has 1 fully saturated rings. The molecule has 0 amide bonds. The summed E-state index contributed by atoms with van der Waals surface area (Å²) in [4.78, 5) is 13.1. The van der Waals surface area contributed by atoms with Gasteiger partial charge in [-0.25, -0.2) is 4.68 Å². The number of rotatable bonds is 4. The van der Waals surface area contributed by atoms with E-state index in [9.17, 15) is 10.1 Å². The highest BCUT2D eigenvalue weighted by Crippen LogP contribution is 2.33. The van der Waals surface area contributed by atoms with Gasteiger partial charge in [-0.15, -0.1) is 0 Å². The summed E-state index contributed by atoms with van der Waals surface area (Å²) in [5.74, 6) is 0.617. The molecule has 7 heteroatoms. The molecular formula is C17H23N5O2. The molecule has 1 aromatic heterocycles. The quantitative estimate of drug-likeness (QED) is 0.689. The molecule has 0 radical (unpaired) electrons. The summed E-state index contributed by atoms with van der Waals surface area (Å²) in [6, 6.07) is 8.74. The lowest BCUT2D eigenvalue weighted by atomic mass is 10.0. The van der Waals surface area contributed by atoms with Gasteiger partial charge in [-0.2, -0.15) is 5.10 Å². The molecule has 0 bridgehead atoms. The minimum absolute atomic E-state index is 0.127. The molecule has 7 nitrogen and oxygen atoms in total. The predicted octanol–water partition coefficient (Wildman–Crippen LogP) is 3.03. The van der Waals surface area contributed by atoms with Crippen molar-refractivity contribution >= 4 is 17.2 Å². The van der Waals surface area contributed by atoms with Crippen molar-refractivity contribution in [2.75, 3.05) is 23.3 Å². The average Bonchev–Trinajstić information content (AvgIpc) is 2.82. The molecule has 128 valence electrons. The van der Waals surface area contributed by atoms with E-state index in [0.717, 1.165) is 31.6 Å². The Balaban J connectivity index is 1.68. The lowest BCUT2D eigenvalue weighted by Gasteiger charge is -2.33. The van der Waals surface area contributed by atoms with E-state index >= 15 is 0 Å². The van der Waals surface area contributed by atoms with Crippen LogP contribution in [-0.2, 0) is 7.05 Å². The van der Waals surface area contributed by atoms with E-state index in [1.54, 1.807) is 18.7 Å². The molecule has 2 heterocycles. The summed E-state index contributed by atoms with van der Waals surface area (Å²) in [6.07, 6.45) is 1.88. The van der Waals surface area contributed by atoms with Crippen molar-refractivity contribution < 1.29 is 4.92 Å². The second kappa shape index (κ2) is 6.51. The van der Waals surface area contributed by atoms with E-state index in [0.29, 0.717) is 17.6 Å². The van der Waals surface area contributed by atoms with Crippen molar-refractivity contribution in [1.82, 2.24) is 9.78 Å². The first-order valence-corrected chi connectivity index (χ1v) is 8.22. The highest BCUT2D eigenvalue weighted by molar-refractivity contribution is 5.61. The van der Waals surface area contributed by atoms with E-state index in [1.807, 2.05) is 0 Å². The molecular weight excluding hydrogens is 306 g/mol. The molecule has 1 aromatic carbocycles. The molecule has 1 saturated heterocycles. The van der Waals surface area contributed by atoms with Crippen LogP contribution in [0.3, 0.4) is 0 Å². The van der Waals surface area contributed by atoms with Gasteiger partial charge in [0.05, 0.1) is 4.92 Å². The number of aromatic nitrogens is 2. The molecule has 0 spiro atoms. The number of hydrogen-bond donors (Lipinski definition) is 1. The summed E-state index contributed by atoms with van der Waals surface area (Å²) in [6.45, 7) is 5.33. The molecule has 0 saturated carbocycles. The van der Waals surface area contributed by atoms with Crippen LogP contribution in [0.4, 0.5) is 17.2 Å². The number of benzene rings is 1. The van der Waals surface area contributed by atoms with Crippen molar-refractivity contribution in [3.8, 4) is 0 Å². The minimum Gasteiger partial charge on any atom is -0.382 e. The van der Waals surface area contributed by atoms with Crippen molar-refractivity contribution in [3.63, 3.8) is 0 Å². The van der Waals surface area contributed by atoms with Crippen LogP contribution in [0, 0.1) is 24.0 Å². The van der Waals surface area contributed by atoms with Crippen LogP contribution in [0.5, 0.6) is 0 Å². The second-order valence-electron chi connectivity index (χ2n) is 6.41. The number of anilines is 2. The van der Waals surface area contributed by atoms with E-state index in [2.05, 4.69) is 46.5 Å². The largest absolute Gasteiger partial charge is 0.382 e. The number of nitrogens with zero attached hydrogens (tertiary/aromatic N) is 4. The molecule has 1 aliphatic rings. The van der Waals surface area contributed by atoms with Crippen molar-refractivity contribution in [2.24, 2.45) is 7.05 Å². The number of hydrogen-bond acceptors (Lipinski definition) is 5. The Morgan fingerprint density at radius 1 is 1.29 bits per heavy atom. The van der Waals surface area contributed by atoms with E-state index in [4.69, 9.17) is 0 Å². The maximum absolute atomic E-state index is 11.3. The Hall–Kier alpha value is -2.57. The van der Waals surface area contributed by atoms with E-state index in [1.165, 1.54) is 5.56 Å². The van der Waals surface area contributed by atoms with E-state index in [-0.39, 0.29) is 10.6 Å².